The van der Waals surface area contributed by atoms with Crippen LogP contribution in [0.1, 0.15) is 41.1 Å². The Bertz CT molecular complexity index is 1120. The smallest absolute Gasteiger partial charge is 0.256 e. The van der Waals surface area contributed by atoms with E-state index in [1.807, 2.05) is 0 Å². The number of fused-ring (bicyclic) bond motifs is 2. The SMILES string of the molecule is Cc1ccc(-c2c(C=C3C(=O)Nc4c(F)cccc43)oc3c2CCCC3)cc1. The molecule has 0 saturated carbocycles. The molecule has 2 aliphatic rings. The van der Waals surface area contributed by atoms with Crippen LogP contribution >= 0.6 is 0 Å². The van der Waals surface area contributed by atoms with E-state index in [9.17, 15) is 9.18 Å². The Morgan fingerprint density at radius 1 is 1.07 bits per heavy atom. The van der Waals surface area contributed by atoms with E-state index in [1.54, 1.807) is 18.2 Å². The number of aryl methyl sites for hydroxylation is 2. The van der Waals surface area contributed by atoms with Gasteiger partial charge in [0.05, 0.1) is 11.3 Å². The van der Waals surface area contributed by atoms with Crippen LogP contribution in [0.4, 0.5) is 10.1 Å². The molecule has 0 bridgehead atoms. The molecule has 2 aromatic carbocycles. The topological polar surface area (TPSA) is 42.2 Å². The van der Waals surface area contributed by atoms with Crippen LogP contribution in [0.5, 0.6) is 0 Å². The molecule has 1 amide bonds. The van der Waals surface area contributed by atoms with Gasteiger partial charge in [-0.1, -0.05) is 42.0 Å². The first-order chi connectivity index (χ1) is 13.6. The molecule has 3 nitrogen and oxygen atoms in total. The molecular weight excluding hydrogens is 353 g/mol. The van der Waals surface area contributed by atoms with Crippen molar-refractivity contribution in [2.45, 2.75) is 32.6 Å². The van der Waals surface area contributed by atoms with E-state index >= 15 is 0 Å². The summed E-state index contributed by atoms with van der Waals surface area (Å²) in [6.07, 6.45) is 5.90. The first-order valence-corrected chi connectivity index (χ1v) is 9.65. The summed E-state index contributed by atoms with van der Waals surface area (Å²) in [5, 5.41) is 2.64. The largest absolute Gasteiger partial charge is 0.461 e. The zero-order valence-electron chi connectivity index (χ0n) is 15.6. The van der Waals surface area contributed by atoms with Gasteiger partial charge in [-0.3, -0.25) is 4.79 Å². The van der Waals surface area contributed by atoms with Crippen LogP contribution < -0.4 is 5.32 Å². The Hall–Kier alpha value is -3.14. The maximum Gasteiger partial charge on any atom is 0.256 e. The lowest BCUT2D eigenvalue weighted by Crippen LogP contribution is -2.04. The molecule has 3 aromatic rings. The average molecular weight is 373 g/mol. The quantitative estimate of drug-likeness (QED) is 0.580. The molecule has 4 heteroatoms. The number of amides is 1. The van der Waals surface area contributed by atoms with E-state index in [2.05, 4.69) is 36.5 Å². The van der Waals surface area contributed by atoms with Crippen LogP contribution in [0.25, 0.3) is 22.8 Å². The minimum Gasteiger partial charge on any atom is -0.461 e. The Labute approximate surface area is 162 Å². The average Bonchev–Trinajstić information content (AvgIpc) is 3.22. The third kappa shape index (κ3) is 2.68. The second kappa shape index (κ2) is 6.48. The van der Waals surface area contributed by atoms with Crippen LogP contribution in [0.15, 0.2) is 46.9 Å². The molecule has 0 spiro atoms. The minimum atomic E-state index is -0.424. The zero-order valence-corrected chi connectivity index (χ0v) is 15.6. The summed E-state index contributed by atoms with van der Waals surface area (Å²) >= 11 is 0. The molecule has 28 heavy (non-hydrogen) atoms. The van der Waals surface area contributed by atoms with Gasteiger partial charge in [-0.05, 0) is 43.9 Å². The highest BCUT2D eigenvalue weighted by Crippen LogP contribution is 2.41. The molecule has 5 rings (SSSR count). The number of carbonyl (C=O) groups excluding carboxylic acids is 1. The molecule has 1 aliphatic carbocycles. The van der Waals surface area contributed by atoms with Crippen molar-refractivity contribution >= 4 is 23.2 Å². The van der Waals surface area contributed by atoms with E-state index in [4.69, 9.17) is 4.42 Å². The summed E-state index contributed by atoms with van der Waals surface area (Å²) in [5.74, 6) is 0.959. The molecule has 0 atom stereocenters. The number of furan rings is 1. The van der Waals surface area contributed by atoms with Crippen molar-refractivity contribution in [2.24, 2.45) is 0 Å². The first kappa shape index (κ1) is 17.0. The second-order valence-corrected chi connectivity index (χ2v) is 7.49. The second-order valence-electron chi connectivity index (χ2n) is 7.49. The standard InChI is InChI=1S/C24H20FNO2/c1-14-9-11-15(12-10-14)22-17-5-2-3-8-20(17)28-21(22)13-18-16-6-4-7-19(25)23(16)26-24(18)27/h4,6-7,9-13H,2-3,5,8H2,1H3,(H,26,27). The van der Waals surface area contributed by atoms with Crippen molar-refractivity contribution in [3.05, 3.63) is 76.5 Å². The van der Waals surface area contributed by atoms with Gasteiger partial charge in [0, 0.05) is 23.1 Å². The van der Waals surface area contributed by atoms with Crippen molar-refractivity contribution in [1.29, 1.82) is 0 Å². The predicted octanol–water partition coefficient (Wildman–Crippen LogP) is 5.77. The van der Waals surface area contributed by atoms with Gasteiger partial charge < -0.3 is 9.73 Å². The van der Waals surface area contributed by atoms with Crippen LogP contribution in [-0.2, 0) is 17.6 Å². The van der Waals surface area contributed by atoms with Crippen molar-refractivity contribution in [1.82, 2.24) is 0 Å². The summed E-state index contributed by atoms with van der Waals surface area (Å²) in [7, 11) is 0. The Balaban J connectivity index is 1.70. The Kier molecular flexibility index (Phi) is 3.93. The number of benzene rings is 2. The van der Waals surface area contributed by atoms with Gasteiger partial charge in [0.1, 0.15) is 17.3 Å². The van der Waals surface area contributed by atoms with Gasteiger partial charge >= 0.3 is 0 Å². The van der Waals surface area contributed by atoms with Gasteiger partial charge in [0.15, 0.2) is 0 Å². The van der Waals surface area contributed by atoms with E-state index in [1.165, 1.54) is 17.2 Å². The minimum absolute atomic E-state index is 0.243. The lowest BCUT2D eigenvalue weighted by molar-refractivity contribution is -0.110. The maximum atomic E-state index is 14.1. The summed E-state index contributed by atoms with van der Waals surface area (Å²) < 4.78 is 20.3. The molecule has 0 unspecified atom stereocenters. The highest BCUT2D eigenvalue weighted by molar-refractivity contribution is 6.35. The molecule has 0 saturated heterocycles. The van der Waals surface area contributed by atoms with Crippen molar-refractivity contribution < 1.29 is 13.6 Å². The number of anilines is 1. The monoisotopic (exact) mass is 373 g/mol. The van der Waals surface area contributed by atoms with Crippen LogP contribution in [0.3, 0.4) is 0 Å². The fraction of sp³-hybridized carbons (Fsp3) is 0.208. The molecule has 1 aromatic heterocycles. The van der Waals surface area contributed by atoms with E-state index in [-0.39, 0.29) is 11.6 Å². The zero-order chi connectivity index (χ0) is 19.3. The fourth-order valence-corrected chi connectivity index (χ4v) is 4.18. The fourth-order valence-electron chi connectivity index (χ4n) is 4.18. The lowest BCUT2D eigenvalue weighted by Gasteiger charge is -2.11. The summed E-state index contributed by atoms with van der Waals surface area (Å²) in [4.78, 5) is 12.5. The molecule has 0 radical (unpaired) electrons. The summed E-state index contributed by atoms with van der Waals surface area (Å²) in [6, 6.07) is 13.1. The van der Waals surface area contributed by atoms with E-state index in [0.717, 1.165) is 42.6 Å². The van der Waals surface area contributed by atoms with Gasteiger partial charge in [-0.2, -0.15) is 0 Å². The first-order valence-electron chi connectivity index (χ1n) is 9.65. The third-order valence-corrected chi connectivity index (χ3v) is 5.60. The maximum absolute atomic E-state index is 14.1. The van der Waals surface area contributed by atoms with Gasteiger partial charge in [-0.25, -0.2) is 4.39 Å². The molecule has 1 N–H and O–H groups in total. The number of hydrogen-bond acceptors (Lipinski definition) is 2. The number of carbonyl (C=O) groups is 1. The van der Waals surface area contributed by atoms with Gasteiger partial charge in [0.2, 0.25) is 0 Å². The highest BCUT2D eigenvalue weighted by Gasteiger charge is 2.29. The van der Waals surface area contributed by atoms with E-state index < -0.39 is 5.82 Å². The van der Waals surface area contributed by atoms with Crippen molar-refractivity contribution in [3.63, 3.8) is 0 Å². The van der Waals surface area contributed by atoms with Crippen molar-refractivity contribution in [3.8, 4) is 11.1 Å². The summed E-state index contributed by atoms with van der Waals surface area (Å²) in [5.41, 5.74) is 5.83. The number of nitrogens with one attached hydrogen (secondary N) is 1. The predicted molar refractivity (Wildman–Crippen MR) is 108 cm³/mol. The molecule has 140 valence electrons. The summed E-state index contributed by atoms with van der Waals surface area (Å²) in [6.45, 7) is 2.06. The number of hydrogen-bond donors (Lipinski definition) is 1. The number of rotatable bonds is 2. The van der Waals surface area contributed by atoms with Crippen LogP contribution in [0.2, 0.25) is 0 Å². The van der Waals surface area contributed by atoms with Crippen LogP contribution in [0, 0.1) is 12.7 Å². The van der Waals surface area contributed by atoms with Crippen molar-refractivity contribution in [2.75, 3.05) is 5.32 Å². The highest BCUT2D eigenvalue weighted by atomic mass is 19.1. The molecule has 1 aliphatic heterocycles. The molecule has 2 heterocycles. The number of halogens is 1. The van der Waals surface area contributed by atoms with Gasteiger partial charge in [0.25, 0.3) is 5.91 Å². The number of para-hydroxylation sites is 1. The molecular formula is C24H20FNO2. The third-order valence-electron chi connectivity index (χ3n) is 5.60. The normalized spacial score (nSPS) is 16.8. The van der Waals surface area contributed by atoms with Crippen LogP contribution in [-0.4, -0.2) is 5.91 Å². The Morgan fingerprint density at radius 2 is 1.86 bits per heavy atom. The van der Waals surface area contributed by atoms with Gasteiger partial charge in [-0.15, -0.1) is 0 Å². The molecule has 0 fully saturated rings. The lowest BCUT2D eigenvalue weighted by atomic mass is 9.90. The van der Waals surface area contributed by atoms with E-state index in [0.29, 0.717) is 16.9 Å². The Morgan fingerprint density at radius 3 is 2.68 bits per heavy atom.